The minimum absolute atomic E-state index is 0.120. The first kappa shape index (κ1) is 8.49. The first-order chi connectivity index (χ1) is 5.25. The van der Waals surface area contributed by atoms with Gasteiger partial charge in [-0.3, -0.25) is 4.79 Å². The molecule has 1 heterocycles. The van der Waals surface area contributed by atoms with Gasteiger partial charge in [-0.15, -0.1) is 0 Å². The molecule has 0 saturated carbocycles. The van der Waals surface area contributed by atoms with E-state index in [0.29, 0.717) is 0 Å². The second-order valence-corrected chi connectivity index (χ2v) is 2.82. The Labute approximate surface area is 66.0 Å². The number of rotatable bonds is 2. The smallest absolute Gasteiger partial charge is 0.241 e. The van der Waals surface area contributed by atoms with Crippen molar-refractivity contribution >= 4 is 5.91 Å². The minimum Gasteiger partial charge on any atom is -0.394 e. The Balaban J connectivity index is 2.39. The zero-order valence-corrected chi connectivity index (χ0v) is 6.49. The number of amides is 1. The van der Waals surface area contributed by atoms with Gasteiger partial charge in [0.1, 0.15) is 6.04 Å². The van der Waals surface area contributed by atoms with Crippen LogP contribution in [-0.2, 0) is 4.79 Å². The number of hydrogen-bond acceptors (Lipinski definition) is 3. The zero-order valence-electron chi connectivity index (χ0n) is 6.49. The summed E-state index contributed by atoms with van der Waals surface area (Å²) in [4.78, 5) is 12.9. The quantitative estimate of drug-likeness (QED) is 0.537. The van der Waals surface area contributed by atoms with Gasteiger partial charge in [0.2, 0.25) is 5.91 Å². The van der Waals surface area contributed by atoms with Crippen molar-refractivity contribution in [2.75, 3.05) is 19.7 Å². The van der Waals surface area contributed by atoms with Gasteiger partial charge in [0.15, 0.2) is 0 Å². The molecule has 1 amide bonds. The molecule has 0 radical (unpaired) electrons. The predicted molar refractivity (Wildman–Crippen MR) is 40.9 cm³/mol. The van der Waals surface area contributed by atoms with E-state index in [1.165, 1.54) is 0 Å². The van der Waals surface area contributed by atoms with E-state index >= 15 is 0 Å². The molecule has 0 bridgehead atoms. The van der Waals surface area contributed by atoms with E-state index in [0.717, 1.165) is 25.9 Å². The monoisotopic (exact) mass is 158 g/mol. The van der Waals surface area contributed by atoms with Gasteiger partial charge >= 0.3 is 0 Å². The van der Waals surface area contributed by atoms with Crippen LogP contribution >= 0.6 is 0 Å². The van der Waals surface area contributed by atoms with Crippen LogP contribution in [0.5, 0.6) is 0 Å². The maximum Gasteiger partial charge on any atom is 0.241 e. The fourth-order valence-corrected chi connectivity index (χ4v) is 1.25. The summed E-state index contributed by atoms with van der Waals surface area (Å²) in [6, 6.07) is -0.715. The SMILES string of the molecule is NC(CO)C(=O)N1CCCC1. The lowest BCUT2D eigenvalue weighted by Crippen LogP contribution is -2.44. The summed E-state index contributed by atoms with van der Waals surface area (Å²) < 4.78 is 0. The molecule has 1 aliphatic heterocycles. The Kier molecular flexibility index (Phi) is 2.84. The second-order valence-electron chi connectivity index (χ2n) is 2.82. The third-order valence-corrected chi connectivity index (χ3v) is 1.93. The van der Waals surface area contributed by atoms with Crippen LogP contribution < -0.4 is 5.73 Å². The molecule has 11 heavy (non-hydrogen) atoms. The Morgan fingerprint density at radius 2 is 2.09 bits per heavy atom. The van der Waals surface area contributed by atoms with Crippen molar-refractivity contribution in [2.45, 2.75) is 18.9 Å². The normalized spacial score (nSPS) is 20.4. The van der Waals surface area contributed by atoms with Crippen LogP contribution in [-0.4, -0.2) is 41.7 Å². The maximum atomic E-state index is 11.2. The van der Waals surface area contributed by atoms with E-state index in [1.807, 2.05) is 0 Å². The molecule has 1 rings (SSSR count). The van der Waals surface area contributed by atoms with Gasteiger partial charge in [-0.2, -0.15) is 0 Å². The fraction of sp³-hybridized carbons (Fsp3) is 0.857. The van der Waals surface area contributed by atoms with E-state index in [4.69, 9.17) is 10.8 Å². The van der Waals surface area contributed by atoms with Crippen LogP contribution in [0, 0.1) is 0 Å². The first-order valence-electron chi connectivity index (χ1n) is 3.91. The zero-order chi connectivity index (χ0) is 8.27. The Morgan fingerprint density at radius 3 is 2.55 bits per heavy atom. The van der Waals surface area contributed by atoms with E-state index in [2.05, 4.69) is 0 Å². The number of carbonyl (C=O) groups is 1. The highest BCUT2D eigenvalue weighted by Gasteiger charge is 2.22. The van der Waals surface area contributed by atoms with Gasteiger partial charge in [0, 0.05) is 13.1 Å². The van der Waals surface area contributed by atoms with Crippen molar-refractivity contribution in [3.05, 3.63) is 0 Å². The Morgan fingerprint density at radius 1 is 1.55 bits per heavy atom. The summed E-state index contributed by atoms with van der Waals surface area (Å²) >= 11 is 0. The molecule has 1 fully saturated rings. The molecule has 64 valence electrons. The molecule has 0 aliphatic carbocycles. The Hall–Kier alpha value is -0.610. The van der Waals surface area contributed by atoms with Crippen LogP contribution in [0.4, 0.5) is 0 Å². The highest BCUT2D eigenvalue weighted by atomic mass is 16.3. The third kappa shape index (κ3) is 1.91. The van der Waals surface area contributed by atoms with Crippen molar-refractivity contribution < 1.29 is 9.90 Å². The van der Waals surface area contributed by atoms with Gasteiger partial charge in [-0.25, -0.2) is 0 Å². The van der Waals surface area contributed by atoms with Gasteiger partial charge in [-0.05, 0) is 12.8 Å². The molecule has 1 unspecified atom stereocenters. The van der Waals surface area contributed by atoms with Gasteiger partial charge in [0.05, 0.1) is 6.61 Å². The second kappa shape index (κ2) is 3.69. The van der Waals surface area contributed by atoms with Crippen LogP contribution in [0.3, 0.4) is 0 Å². The standard InChI is InChI=1S/C7H14N2O2/c8-6(5-10)7(11)9-3-1-2-4-9/h6,10H,1-5,8H2. The van der Waals surface area contributed by atoms with E-state index < -0.39 is 6.04 Å². The fourth-order valence-electron chi connectivity index (χ4n) is 1.25. The summed E-state index contributed by atoms with van der Waals surface area (Å²) in [5, 5.41) is 8.59. The van der Waals surface area contributed by atoms with Crippen molar-refractivity contribution in [3.63, 3.8) is 0 Å². The Bertz CT molecular complexity index is 143. The lowest BCUT2D eigenvalue weighted by molar-refractivity contribution is -0.132. The summed E-state index contributed by atoms with van der Waals surface area (Å²) in [5.74, 6) is -0.120. The van der Waals surface area contributed by atoms with E-state index in [-0.39, 0.29) is 12.5 Å². The van der Waals surface area contributed by atoms with Crippen LogP contribution in [0.2, 0.25) is 0 Å². The number of hydrogen-bond donors (Lipinski definition) is 2. The number of nitrogens with two attached hydrogens (primary N) is 1. The lowest BCUT2D eigenvalue weighted by Gasteiger charge is -2.18. The van der Waals surface area contributed by atoms with E-state index in [9.17, 15) is 4.79 Å². The average molecular weight is 158 g/mol. The molecule has 1 aliphatic rings. The third-order valence-electron chi connectivity index (χ3n) is 1.93. The molecule has 0 aromatic carbocycles. The lowest BCUT2D eigenvalue weighted by atomic mass is 10.3. The van der Waals surface area contributed by atoms with Crippen LogP contribution in [0.1, 0.15) is 12.8 Å². The molecular formula is C7H14N2O2. The van der Waals surface area contributed by atoms with Gasteiger partial charge in [0.25, 0.3) is 0 Å². The molecule has 3 N–H and O–H groups in total. The topological polar surface area (TPSA) is 66.6 Å². The summed E-state index contributed by atoms with van der Waals surface area (Å²) in [6.45, 7) is 1.34. The number of aliphatic hydroxyl groups excluding tert-OH is 1. The van der Waals surface area contributed by atoms with Gasteiger partial charge < -0.3 is 15.7 Å². The molecule has 1 saturated heterocycles. The van der Waals surface area contributed by atoms with E-state index in [1.54, 1.807) is 4.90 Å². The van der Waals surface area contributed by atoms with Crippen molar-refractivity contribution in [2.24, 2.45) is 5.73 Å². The summed E-state index contributed by atoms with van der Waals surface area (Å²) in [6.07, 6.45) is 2.12. The van der Waals surface area contributed by atoms with Crippen LogP contribution in [0.25, 0.3) is 0 Å². The molecule has 4 heteroatoms. The van der Waals surface area contributed by atoms with Crippen molar-refractivity contribution in [3.8, 4) is 0 Å². The first-order valence-corrected chi connectivity index (χ1v) is 3.91. The highest BCUT2D eigenvalue weighted by molar-refractivity contribution is 5.81. The maximum absolute atomic E-state index is 11.2. The summed E-state index contributed by atoms with van der Waals surface area (Å²) in [7, 11) is 0. The molecular weight excluding hydrogens is 144 g/mol. The van der Waals surface area contributed by atoms with Gasteiger partial charge in [-0.1, -0.05) is 0 Å². The molecule has 0 aromatic heterocycles. The average Bonchev–Trinajstić information content (AvgIpc) is 2.53. The van der Waals surface area contributed by atoms with Crippen molar-refractivity contribution in [1.82, 2.24) is 4.90 Å². The number of carbonyl (C=O) groups excluding carboxylic acids is 1. The van der Waals surface area contributed by atoms with Crippen molar-refractivity contribution in [1.29, 1.82) is 0 Å². The number of nitrogens with zero attached hydrogens (tertiary/aromatic N) is 1. The molecule has 1 atom stereocenters. The highest BCUT2D eigenvalue weighted by Crippen LogP contribution is 2.07. The van der Waals surface area contributed by atoms with Crippen LogP contribution in [0.15, 0.2) is 0 Å². The number of aliphatic hydroxyl groups is 1. The molecule has 0 spiro atoms. The minimum atomic E-state index is -0.715. The summed E-state index contributed by atoms with van der Waals surface area (Å²) in [5.41, 5.74) is 5.36. The predicted octanol–water partition coefficient (Wildman–Crippen LogP) is -1.07. The molecule has 4 nitrogen and oxygen atoms in total. The largest absolute Gasteiger partial charge is 0.394 e. The number of likely N-dealkylation sites (tertiary alicyclic amines) is 1. The molecule has 0 aromatic rings.